The van der Waals surface area contributed by atoms with Gasteiger partial charge in [-0.05, 0) is 67.6 Å². The molecule has 2 aromatic carbocycles. The number of furan rings is 1. The Morgan fingerprint density at radius 2 is 1.59 bits per heavy atom. The van der Waals surface area contributed by atoms with E-state index in [1.807, 2.05) is 6.92 Å². The molecule has 0 radical (unpaired) electrons. The van der Waals surface area contributed by atoms with Crippen LogP contribution in [0.3, 0.4) is 0 Å². The van der Waals surface area contributed by atoms with Crippen LogP contribution >= 0.6 is 0 Å². The van der Waals surface area contributed by atoms with Crippen LogP contribution < -0.4 is 29.0 Å². The summed E-state index contributed by atoms with van der Waals surface area (Å²) in [5.41, 5.74) is 0.368. The van der Waals surface area contributed by atoms with Gasteiger partial charge in [0.15, 0.2) is 11.6 Å². The number of rotatable bonds is 12. The van der Waals surface area contributed by atoms with Crippen LogP contribution in [0.15, 0.2) is 76.0 Å². The van der Waals surface area contributed by atoms with Crippen molar-refractivity contribution in [2.75, 3.05) is 30.9 Å². The Morgan fingerprint density at radius 1 is 0.897 bits per heavy atom. The Kier molecular flexibility index (Phi) is 8.51. The third kappa shape index (κ3) is 7.17. The van der Waals surface area contributed by atoms with E-state index in [-0.39, 0.29) is 35.0 Å². The first-order chi connectivity index (χ1) is 18.8. The second-order valence-electron chi connectivity index (χ2n) is 7.83. The molecular weight excluding hydrogens is 528 g/mol. The smallest absolute Gasteiger partial charge is 0.321 e. The lowest BCUT2D eigenvalue weighted by molar-refractivity contribution is 0.0992. The van der Waals surface area contributed by atoms with Gasteiger partial charge in [-0.25, -0.2) is 8.42 Å². The van der Waals surface area contributed by atoms with E-state index in [0.717, 1.165) is 5.75 Å². The Morgan fingerprint density at radius 3 is 2.23 bits per heavy atom. The Hall–Kier alpha value is -4.78. The number of methoxy groups -OCH3 is 2. The monoisotopic (exact) mass is 554 g/mol. The van der Waals surface area contributed by atoms with Crippen LogP contribution in [-0.2, 0) is 16.6 Å². The van der Waals surface area contributed by atoms with E-state index in [4.69, 9.17) is 23.4 Å². The summed E-state index contributed by atoms with van der Waals surface area (Å²) < 4.78 is 54.6. The number of amides is 1. The average Bonchev–Trinajstić information content (AvgIpc) is 3.42. The van der Waals surface area contributed by atoms with Gasteiger partial charge in [-0.2, -0.15) is 9.97 Å². The Bertz CT molecular complexity index is 1500. The number of ether oxygens (including phenoxy) is 4. The van der Waals surface area contributed by atoms with Gasteiger partial charge >= 0.3 is 6.01 Å². The van der Waals surface area contributed by atoms with Crippen molar-refractivity contribution < 1.29 is 36.6 Å². The quantitative estimate of drug-likeness (QED) is 0.262. The van der Waals surface area contributed by atoms with Crippen LogP contribution in [0.5, 0.6) is 23.4 Å². The lowest BCUT2D eigenvalue weighted by Gasteiger charge is -2.10. The van der Waals surface area contributed by atoms with Gasteiger partial charge in [0.05, 0.1) is 25.7 Å². The summed E-state index contributed by atoms with van der Waals surface area (Å²) in [5.74, 6) is 1.50. The number of hydrogen-bond donors (Lipinski definition) is 2. The molecule has 0 aliphatic rings. The van der Waals surface area contributed by atoms with Crippen molar-refractivity contribution >= 4 is 27.4 Å². The fourth-order valence-corrected chi connectivity index (χ4v) is 4.28. The molecule has 39 heavy (non-hydrogen) atoms. The van der Waals surface area contributed by atoms with Crippen molar-refractivity contribution in [3.8, 4) is 23.4 Å². The molecule has 2 heterocycles. The van der Waals surface area contributed by atoms with Gasteiger partial charge in [-0.15, -0.1) is 0 Å². The van der Waals surface area contributed by atoms with Gasteiger partial charge in [0.2, 0.25) is 5.88 Å². The highest BCUT2D eigenvalue weighted by Gasteiger charge is 2.18. The molecule has 0 fully saturated rings. The fraction of sp³-hybridized carbons (Fsp3) is 0.192. The van der Waals surface area contributed by atoms with Gasteiger partial charge in [-0.1, -0.05) is 0 Å². The van der Waals surface area contributed by atoms with Crippen LogP contribution in [0.25, 0.3) is 0 Å². The lowest BCUT2D eigenvalue weighted by atomic mass is 10.3. The first-order valence-corrected chi connectivity index (χ1v) is 13.1. The molecule has 4 aromatic rings. The van der Waals surface area contributed by atoms with Crippen molar-refractivity contribution in [1.82, 2.24) is 9.97 Å². The Labute approximate surface area is 225 Å². The number of nitrogens with one attached hydrogen (secondary N) is 2. The van der Waals surface area contributed by atoms with Crippen molar-refractivity contribution in [2.45, 2.75) is 18.4 Å². The number of aromatic nitrogens is 2. The molecule has 0 atom stereocenters. The van der Waals surface area contributed by atoms with Crippen molar-refractivity contribution in [3.63, 3.8) is 0 Å². The Balaban J connectivity index is 1.35. The highest BCUT2D eigenvalue weighted by molar-refractivity contribution is 7.92. The van der Waals surface area contributed by atoms with Gasteiger partial charge in [0.25, 0.3) is 15.9 Å². The van der Waals surface area contributed by atoms with Crippen molar-refractivity contribution in [1.29, 1.82) is 0 Å². The second kappa shape index (κ2) is 12.2. The highest BCUT2D eigenvalue weighted by atomic mass is 32.2. The molecule has 2 N–H and O–H groups in total. The van der Waals surface area contributed by atoms with E-state index in [9.17, 15) is 13.2 Å². The summed E-state index contributed by atoms with van der Waals surface area (Å²) in [4.78, 5) is 20.4. The number of anilines is 2. The van der Waals surface area contributed by atoms with E-state index in [2.05, 4.69) is 20.0 Å². The van der Waals surface area contributed by atoms with Crippen molar-refractivity contribution in [3.05, 3.63) is 78.3 Å². The fourth-order valence-electron chi connectivity index (χ4n) is 3.29. The minimum Gasteiger partial charge on any atom is -0.494 e. The van der Waals surface area contributed by atoms with Gasteiger partial charge in [0.1, 0.15) is 23.9 Å². The first-order valence-electron chi connectivity index (χ1n) is 11.7. The topological polar surface area (TPSA) is 151 Å². The van der Waals surface area contributed by atoms with E-state index in [1.54, 1.807) is 30.3 Å². The summed E-state index contributed by atoms with van der Waals surface area (Å²) in [6, 6.07) is 17.2. The van der Waals surface area contributed by atoms with Crippen LogP contribution in [0, 0.1) is 0 Å². The number of benzene rings is 2. The SMILES string of the molecule is CCOc1ccc(OCc2ccc(C(=O)Nc3ccc(S(=O)(=O)Nc4cc(OC)nc(OC)n4)cc3)o2)cc1. The third-order valence-electron chi connectivity index (χ3n) is 5.14. The van der Waals surface area contributed by atoms with Crippen LogP contribution in [0.1, 0.15) is 23.2 Å². The molecule has 2 aromatic heterocycles. The molecule has 0 bridgehead atoms. The maximum atomic E-state index is 12.8. The molecule has 0 saturated heterocycles. The number of nitrogens with zero attached hydrogens (tertiary/aromatic N) is 2. The molecule has 0 saturated carbocycles. The van der Waals surface area contributed by atoms with Gasteiger partial charge in [0, 0.05) is 11.8 Å². The zero-order chi connectivity index (χ0) is 27.8. The van der Waals surface area contributed by atoms with Gasteiger partial charge < -0.3 is 28.7 Å². The lowest BCUT2D eigenvalue weighted by Crippen LogP contribution is -2.15. The number of hydrogen-bond acceptors (Lipinski definition) is 10. The van der Waals surface area contributed by atoms with Crippen LogP contribution in [0.2, 0.25) is 0 Å². The second-order valence-corrected chi connectivity index (χ2v) is 9.51. The zero-order valence-electron chi connectivity index (χ0n) is 21.3. The first kappa shape index (κ1) is 27.3. The zero-order valence-corrected chi connectivity index (χ0v) is 22.2. The number of carbonyl (C=O) groups is 1. The molecule has 12 nitrogen and oxygen atoms in total. The minimum atomic E-state index is -4.00. The minimum absolute atomic E-state index is 0.0313. The molecular formula is C26H26N4O8S. The van der Waals surface area contributed by atoms with E-state index < -0.39 is 15.9 Å². The molecule has 204 valence electrons. The largest absolute Gasteiger partial charge is 0.494 e. The number of carbonyl (C=O) groups excluding carboxylic acids is 1. The molecule has 1 amide bonds. The molecule has 0 aliphatic carbocycles. The average molecular weight is 555 g/mol. The standard InChI is InChI=1S/C26H26N4O8S/c1-4-36-18-7-9-19(10-8-18)37-16-20-11-14-22(38-20)25(31)27-17-5-12-21(13-6-17)39(32,33)30-23-15-24(34-2)29-26(28-23)35-3/h5-15H,4,16H2,1-3H3,(H,27,31)(H,28,29,30). The van der Waals surface area contributed by atoms with E-state index >= 15 is 0 Å². The van der Waals surface area contributed by atoms with E-state index in [0.29, 0.717) is 23.8 Å². The van der Waals surface area contributed by atoms with Gasteiger partial charge in [-0.3, -0.25) is 9.52 Å². The molecule has 4 rings (SSSR count). The number of sulfonamides is 1. The molecule has 0 spiro atoms. The van der Waals surface area contributed by atoms with Crippen LogP contribution in [-0.4, -0.2) is 45.1 Å². The van der Waals surface area contributed by atoms with Crippen molar-refractivity contribution in [2.24, 2.45) is 0 Å². The van der Waals surface area contributed by atoms with E-state index in [1.165, 1.54) is 50.6 Å². The highest BCUT2D eigenvalue weighted by Crippen LogP contribution is 2.23. The maximum Gasteiger partial charge on any atom is 0.321 e. The predicted octanol–water partition coefficient (Wildman–Crippen LogP) is 4.12. The molecule has 0 unspecified atom stereocenters. The summed E-state index contributed by atoms with van der Waals surface area (Å²) in [6.45, 7) is 2.62. The summed E-state index contributed by atoms with van der Waals surface area (Å²) in [6.07, 6.45) is 0. The molecule has 0 aliphatic heterocycles. The van der Waals surface area contributed by atoms with Crippen LogP contribution in [0.4, 0.5) is 11.5 Å². The summed E-state index contributed by atoms with van der Waals surface area (Å²) in [7, 11) is -1.26. The predicted molar refractivity (Wildman–Crippen MR) is 141 cm³/mol. The normalized spacial score (nSPS) is 10.9. The molecule has 13 heteroatoms. The summed E-state index contributed by atoms with van der Waals surface area (Å²) in [5, 5.41) is 2.67. The maximum absolute atomic E-state index is 12.8. The summed E-state index contributed by atoms with van der Waals surface area (Å²) >= 11 is 0. The third-order valence-corrected chi connectivity index (χ3v) is 6.51.